The topological polar surface area (TPSA) is 78.9 Å². The molecule has 0 saturated heterocycles. The number of hydrogen-bond acceptors (Lipinski definition) is 6. The maximum atomic E-state index is 13.0. The van der Waals surface area contributed by atoms with Crippen LogP contribution in [0.3, 0.4) is 0 Å². The molecule has 0 aromatic carbocycles. The minimum atomic E-state index is -0.776. The fourth-order valence-corrected chi connectivity index (χ4v) is 10.8. The first-order valence-electron chi connectivity index (χ1n) is 36.4. The number of ether oxygens (including phenoxy) is 3. The Hall–Kier alpha value is -3.15. The van der Waals surface area contributed by atoms with E-state index in [0.717, 1.165) is 89.9 Å². The average molecular weight is 1160 g/mol. The highest BCUT2D eigenvalue weighted by Crippen LogP contribution is 2.18. The monoisotopic (exact) mass is 1160 g/mol. The quantitative estimate of drug-likeness (QED) is 0.0261. The lowest BCUT2D eigenvalue weighted by Crippen LogP contribution is -2.30. The molecule has 0 amide bonds. The predicted molar refractivity (Wildman–Crippen MR) is 362 cm³/mol. The van der Waals surface area contributed by atoms with Gasteiger partial charge >= 0.3 is 17.9 Å². The molecule has 6 nitrogen and oxygen atoms in total. The van der Waals surface area contributed by atoms with E-state index in [1.54, 1.807) is 0 Å². The standard InChI is InChI=1S/C77H138O6/c1-4-7-10-13-16-19-22-25-28-30-32-34-36-37-38-39-41-42-44-46-49-52-55-58-61-64-67-70-76(79)82-73-74(72-81-75(78)69-66-63-60-57-54-51-48-27-24-21-18-15-12-9-6-3)83-77(80)71-68-65-62-59-56-53-50-47-45-43-40-35-33-31-29-26-23-20-17-14-11-8-5-2/h7,10,16,19,23,25-26,28,31-34,74H,4-6,8-9,11-15,17-18,20-22,24,27,29-30,35-73H2,1-3H3/b10-7-,19-16-,26-23-,28-25-,33-31-,34-32-. The first kappa shape index (κ1) is 79.8. The Kier molecular flexibility index (Phi) is 68.6. The predicted octanol–water partition coefficient (Wildman–Crippen LogP) is 25.2. The van der Waals surface area contributed by atoms with Gasteiger partial charge in [0, 0.05) is 19.3 Å². The van der Waals surface area contributed by atoms with E-state index < -0.39 is 6.10 Å². The van der Waals surface area contributed by atoms with Crippen LogP contribution in [0.1, 0.15) is 380 Å². The van der Waals surface area contributed by atoms with Crippen LogP contribution in [0.2, 0.25) is 0 Å². The van der Waals surface area contributed by atoms with E-state index >= 15 is 0 Å². The Morgan fingerprint density at radius 1 is 0.253 bits per heavy atom. The highest BCUT2D eigenvalue weighted by molar-refractivity contribution is 5.71. The Balaban J connectivity index is 4.28. The fraction of sp³-hybridized carbons (Fsp3) is 0.805. The molecule has 0 aromatic rings. The van der Waals surface area contributed by atoms with Gasteiger partial charge in [-0.25, -0.2) is 0 Å². The number of hydrogen-bond donors (Lipinski definition) is 0. The molecule has 482 valence electrons. The van der Waals surface area contributed by atoms with E-state index in [1.165, 1.54) is 250 Å². The van der Waals surface area contributed by atoms with Crippen molar-refractivity contribution in [3.8, 4) is 0 Å². The van der Waals surface area contributed by atoms with Gasteiger partial charge in [-0.2, -0.15) is 0 Å². The van der Waals surface area contributed by atoms with Gasteiger partial charge in [-0.05, 0) is 89.9 Å². The van der Waals surface area contributed by atoms with Crippen LogP contribution >= 0.6 is 0 Å². The summed E-state index contributed by atoms with van der Waals surface area (Å²) in [5.74, 6) is -0.848. The number of carbonyl (C=O) groups is 3. The molecule has 83 heavy (non-hydrogen) atoms. The molecular weight excluding hydrogens is 1020 g/mol. The third-order valence-electron chi connectivity index (χ3n) is 16.2. The van der Waals surface area contributed by atoms with Crippen LogP contribution < -0.4 is 0 Å². The van der Waals surface area contributed by atoms with E-state index in [0.29, 0.717) is 19.3 Å². The van der Waals surface area contributed by atoms with Gasteiger partial charge in [0.05, 0.1) is 0 Å². The summed E-state index contributed by atoms with van der Waals surface area (Å²) in [6.45, 7) is 6.58. The second-order valence-electron chi connectivity index (χ2n) is 24.5. The summed E-state index contributed by atoms with van der Waals surface area (Å²) in [5, 5.41) is 0. The third kappa shape index (κ3) is 69.5. The van der Waals surface area contributed by atoms with Gasteiger partial charge in [-0.15, -0.1) is 0 Å². The fourth-order valence-electron chi connectivity index (χ4n) is 10.8. The second kappa shape index (κ2) is 71.3. The van der Waals surface area contributed by atoms with E-state index in [-0.39, 0.29) is 31.1 Å². The normalized spacial score (nSPS) is 12.5. The zero-order valence-corrected chi connectivity index (χ0v) is 55.5. The Morgan fingerprint density at radius 2 is 0.470 bits per heavy atom. The Bertz CT molecular complexity index is 1520. The second-order valence-corrected chi connectivity index (χ2v) is 24.5. The molecule has 0 bridgehead atoms. The molecule has 0 rings (SSSR count). The number of esters is 3. The number of unbranched alkanes of at least 4 members (excludes halogenated alkanes) is 44. The van der Waals surface area contributed by atoms with Crippen molar-refractivity contribution in [1.29, 1.82) is 0 Å². The van der Waals surface area contributed by atoms with Crippen molar-refractivity contribution in [3.63, 3.8) is 0 Å². The molecule has 0 saturated carbocycles. The summed E-state index contributed by atoms with van der Waals surface area (Å²) < 4.78 is 17.0. The average Bonchev–Trinajstić information content (AvgIpc) is 3.49. The molecule has 1 unspecified atom stereocenters. The first-order valence-corrected chi connectivity index (χ1v) is 36.4. The highest BCUT2D eigenvalue weighted by Gasteiger charge is 2.19. The SMILES string of the molecule is CC/C=C\C/C=C\C/C=C\C/C=C\CCCCCCCCCCCCCCCCC(=O)OCC(COC(=O)CCCCCCCCCCCCCCCCC)OC(=O)CCCCCCCCCCCCC/C=C\C/C=C\CCCCCCC. The van der Waals surface area contributed by atoms with Crippen LogP contribution in [0.5, 0.6) is 0 Å². The summed E-state index contributed by atoms with van der Waals surface area (Å²) in [4.78, 5) is 38.5. The summed E-state index contributed by atoms with van der Waals surface area (Å²) in [7, 11) is 0. The molecule has 0 aliphatic heterocycles. The van der Waals surface area contributed by atoms with Gasteiger partial charge in [0.15, 0.2) is 6.10 Å². The maximum absolute atomic E-state index is 13.0. The van der Waals surface area contributed by atoms with Gasteiger partial charge in [-0.3, -0.25) is 14.4 Å². The van der Waals surface area contributed by atoms with E-state index in [9.17, 15) is 14.4 Å². The molecule has 0 radical (unpaired) electrons. The molecule has 6 heteroatoms. The minimum absolute atomic E-state index is 0.0708. The first-order chi connectivity index (χ1) is 41.0. The van der Waals surface area contributed by atoms with Crippen molar-refractivity contribution in [2.45, 2.75) is 386 Å². The van der Waals surface area contributed by atoms with Crippen molar-refractivity contribution >= 4 is 17.9 Å². The van der Waals surface area contributed by atoms with Crippen molar-refractivity contribution in [2.24, 2.45) is 0 Å². The smallest absolute Gasteiger partial charge is 0.306 e. The van der Waals surface area contributed by atoms with Gasteiger partial charge in [0.1, 0.15) is 13.2 Å². The zero-order chi connectivity index (χ0) is 59.9. The molecule has 1 atom stereocenters. The van der Waals surface area contributed by atoms with Crippen LogP contribution in [0, 0.1) is 0 Å². The van der Waals surface area contributed by atoms with Crippen LogP contribution in [-0.4, -0.2) is 37.2 Å². The zero-order valence-electron chi connectivity index (χ0n) is 55.5. The van der Waals surface area contributed by atoms with E-state index in [4.69, 9.17) is 14.2 Å². The lowest BCUT2D eigenvalue weighted by molar-refractivity contribution is -0.167. The van der Waals surface area contributed by atoms with Crippen molar-refractivity contribution in [3.05, 3.63) is 72.9 Å². The van der Waals surface area contributed by atoms with E-state index in [2.05, 4.69) is 93.7 Å². The summed E-state index contributed by atoms with van der Waals surface area (Å²) in [6, 6.07) is 0. The van der Waals surface area contributed by atoms with Crippen LogP contribution in [0.15, 0.2) is 72.9 Å². The molecule has 0 aromatic heterocycles. The van der Waals surface area contributed by atoms with Gasteiger partial charge in [0.2, 0.25) is 0 Å². The largest absolute Gasteiger partial charge is 0.462 e. The molecule has 0 N–H and O–H groups in total. The molecule has 0 spiro atoms. The number of carbonyl (C=O) groups excluding carboxylic acids is 3. The maximum Gasteiger partial charge on any atom is 0.306 e. The highest BCUT2D eigenvalue weighted by atomic mass is 16.6. The molecule has 0 aliphatic rings. The lowest BCUT2D eigenvalue weighted by atomic mass is 10.0. The van der Waals surface area contributed by atoms with Gasteiger partial charge in [0.25, 0.3) is 0 Å². The third-order valence-corrected chi connectivity index (χ3v) is 16.2. The lowest BCUT2D eigenvalue weighted by Gasteiger charge is -2.18. The minimum Gasteiger partial charge on any atom is -0.462 e. The molecule has 0 fully saturated rings. The summed E-state index contributed by atoms with van der Waals surface area (Å²) in [6.07, 6.45) is 93.6. The summed E-state index contributed by atoms with van der Waals surface area (Å²) >= 11 is 0. The molecule has 0 aliphatic carbocycles. The summed E-state index contributed by atoms with van der Waals surface area (Å²) in [5.41, 5.74) is 0. The van der Waals surface area contributed by atoms with Crippen molar-refractivity contribution < 1.29 is 28.6 Å². The molecule has 0 heterocycles. The molecular formula is C77H138O6. The Labute approximate surface area is 516 Å². The van der Waals surface area contributed by atoms with E-state index in [1.807, 2.05) is 0 Å². The van der Waals surface area contributed by atoms with Crippen LogP contribution in [0.25, 0.3) is 0 Å². The Morgan fingerprint density at radius 3 is 0.735 bits per heavy atom. The number of allylic oxidation sites excluding steroid dienone is 12. The van der Waals surface area contributed by atoms with Crippen LogP contribution in [-0.2, 0) is 28.6 Å². The van der Waals surface area contributed by atoms with Crippen LogP contribution in [0.4, 0.5) is 0 Å². The van der Waals surface area contributed by atoms with Gasteiger partial charge < -0.3 is 14.2 Å². The van der Waals surface area contributed by atoms with Gasteiger partial charge in [-0.1, -0.05) is 344 Å². The number of rotatable bonds is 67. The van der Waals surface area contributed by atoms with Crippen molar-refractivity contribution in [1.82, 2.24) is 0 Å². The van der Waals surface area contributed by atoms with Crippen molar-refractivity contribution in [2.75, 3.05) is 13.2 Å².